The number of carbonyl (C=O) groups excluding carboxylic acids is 1. The largest absolute Gasteiger partial charge is 0.484 e. The van der Waals surface area contributed by atoms with Crippen LogP contribution in [0.5, 0.6) is 5.75 Å². The summed E-state index contributed by atoms with van der Waals surface area (Å²) in [5.74, 6) is 0.519. The second kappa shape index (κ2) is 10.6. The molecule has 7 heteroatoms. The molecule has 162 valence electrons. The molecule has 0 atom stereocenters. The summed E-state index contributed by atoms with van der Waals surface area (Å²) in [5, 5.41) is 10.8. The quantitative estimate of drug-likeness (QED) is 0.558. The van der Waals surface area contributed by atoms with Crippen LogP contribution in [0, 0.1) is 0 Å². The molecule has 0 radical (unpaired) electrons. The maximum atomic E-state index is 12.1. The van der Waals surface area contributed by atoms with E-state index in [0.717, 1.165) is 44.7 Å². The van der Waals surface area contributed by atoms with Gasteiger partial charge in [0.2, 0.25) is 0 Å². The lowest BCUT2D eigenvalue weighted by Crippen LogP contribution is -2.43. The predicted octanol–water partition coefficient (Wildman–Crippen LogP) is 3.16. The SMILES string of the molecule is O=C(COc1ccccc1)Nc1ccc(N2CCC(NCCn3cccn3)CC2)cc1. The second-order valence-corrected chi connectivity index (χ2v) is 7.68. The van der Waals surface area contributed by atoms with Crippen LogP contribution in [0.1, 0.15) is 12.8 Å². The van der Waals surface area contributed by atoms with E-state index in [1.807, 2.05) is 65.6 Å². The molecule has 1 saturated heterocycles. The van der Waals surface area contributed by atoms with Crippen LogP contribution in [-0.4, -0.2) is 48.0 Å². The van der Waals surface area contributed by atoms with Crippen molar-refractivity contribution in [2.75, 3.05) is 36.5 Å². The molecule has 1 amide bonds. The zero-order chi connectivity index (χ0) is 21.3. The highest BCUT2D eigenvalue weighted by Gasteiger charge is 2.19. The van der Waals surface area contributed by atoms with Gasteiger partial charge < -0.3 is 20.3 Å². The molecule has 3 aromatic rings. The normalized spacial score (nSPS) is 14.4. The number of hydrogen-bond donors (Lipinski definition) is 2. The van der Waals surface area contributed by atoms with Crippen molar-refractivity contribution in [3.63, 3.8) is 0 Å². The summed E-state index contributed by atoms with van der Waals surface area (Å²) in [6.07, 6.45) is 6.04. The molecule has 31 heavy (non-hydrogen) atoms. The van der Waals surface area contributed by atoms with Gasteiger partial charge in [0, 0.05) is 49.4 Å². The molecule has 4 rings (SSSR count). The molecule has 1 aliphatic heterocycles. The van der Waals surface area contributed by atoms with E-state index in [1.54, 1.807) is 0 Å². The van der Waals surface area contributed by atoms with Crippen LogP contribution in [0.2, 0.25) is 0 Å². The first-order valence-electron chi connectivity index (χ1n) is 10.8. The number of aromatic nitrogens is 2. The van der Waals surface area contributed by atoms with Crippen molar-refractivity contribution in [1.82, 2.24) is 15.1 Å². The Morgan fingerprint density at radius 3 is 2.52 bits per heavy atom. The minimum absolute atomic E-state index is 0.00727. The average Bonchev–Trinajstić information content (AvgIpc) is 3.33. The predicted molar refractivity (Wildman–Crippen MR) is 122 cm³/mol. The van der Waals surface area contributed by atoms with Gasteiger partial charge in [-0.25, -0.2) is 0 Å². The van der Waals surface area contributed by atoms with Crippen LogP contribution in [0.25, 0.3) is 0 Å². The fraction of sp³-hybridized carbons (Fsp3) is 0.333. The van der Waals surface area contributed by atoms with Gasteiger partial charge in [-0.15, -0.1) is 0 Å². The standard InChI is InChI=1S/C24H29N5O2/c30-24(19-31-23-5-2-1-3-6-23)27-21-7-9-22(10-8-21)28-16-11-20(12-17-28)25-14-18-29-15-4-13-26-29/h1-10,13,15,20,25H,11-12,14,16-19H2,(H,27,30). The Kier molecular flexibility index (Phi) is 7.18. The number of benzene rings is 2. The Morgan fingerprint density at radius 2 is 1.81 bits per heavy atom. The fourth-order valence-corrected chi connectivity index (χ4v) is 3.78. The number of para-hydroxylation sites is 1. The maximum absolute atomic E-state index is 12.1. The molecular formula is C24H29N5O2. The summed E-state index contributed by atoms with van der Waals surface area (Å²) < 4.78 is 7.44. The van der Waals surface area contributed by atoms with Gasteiger partial charge in [-0.05, 0) is 55.3 Å². The van der Waals surface area contributed by atoms with Gasteiger partial charge in [-0.1, -0.05) is 18.2 Å². The highest BCUT2D eigenvalue weighted by molar-refractivity contribution is 5.92. The third kappa shape index (κ3) is 6.33. The van der Waals surface area contributed by atoms with E-state index in [9.17, 15) is 4.79 Å². The fourth-order valence-electron chi connectivity index (χ4n) is 3.78. The number of amides is 1. The summed E-state index contributed by atoms with van der Waals surface area (Å²) in [6.45, 7) is 3.88. The second-order valence-electron chi connectivity index (χ2n) is 7.68. The zero-order valence-corrected chi connectivity index (χ0v) is 17.6. The van der Waals surface area contributed by atoms with Crippen LogP contribution in [-0.2, 0) is 11.3 Å². The van der Waals surface area contributed by atoms with Gasteiger partial charge >= 0.3 is 0 Å². The van der Waals surface area contributed by atoms with Crippen LogP contribution in [0.3, 0.4) is 0 Å². The molecule has 0 aliphatic carbocycles. The minimum Gasteiger partial charge on any atom is -0.484 e. The Bertz CT molecular complexity index is 920. The zero-order valence-electron chi connectivity index (χ0n) is 17.6. The number of piperidine rings is 1. The Morgan fingerprint density at radius 1 is 1.03 bits per heavy atom. The molecule has 0 bridgehead atoms. The van der Waals surface area contributed by atoms with Gasteiger partial charge in [0.05, 0.1) is 6.54 Å². The van der Waals surface area contributed by atoms with Crippen molar-refractivity contribution in [3.8, 4) is 5.75 Å². The highest BCUT2D eigenvalue weighted by Crippen LogP contribution is 2.22. The summed E-state index contributed by atoms with van der Waals surface area (Å²) in [4.78, 5) is 14.5. The first kappa shape index (κ1) is 20.9. The summed E-state index contributed by atoms with van der Waals surface area (Å²) in [6, 6.07) is 19.9. The number of hydrogen-bond acceptors (Lipinski definition) is 5. The number of rotatable bonds is 9. The van der Waals surface area contributed by atoms with Crippen molar-refractivity contribution >= 4 is 17.3 Å². The van der Waals surface area contributed by atoms with Crippen LogP contribution >= 0.6 is 0 Å². The molecule has 2 heterocycles. The molecule has 2 N–H and O–H groups in total. The minimum atomic E-state index is -0.168. The molecule has 0 unspecified atom stereocenters. The first-order chi connectivity index (χ1) is 15.3. The van der Waals surface area contributed by atoms with Crippen molar-refractivity contribution in [2.24, 2.45) is 0 Å². The van der Waals surface area contributed by atoms with Crippen LogP contribution in [0.15, 0.2) is 73.1 Å². The molecule has 0 saturated carbocycles. The Labute approximate surface area is 183 Å². The highest BCUT2D eigenvalue weighted by atomic mass is 16.5. The van der Waals surface area contributed by atoms with Crippen molar-refractivity contribution in [1.29, 1.82) is 0 Å². The van der Waals surface area contributed by atoms with E-state index in [-0.39, 0.29) is 12.5 Å². The molecule has 2 aromatic carbocycles. The molecule has 1 fully saturated rings. The van der Waals surface area contributed by atoms with Gasteiger partial charge in [0.15, 0.2) is 6.61 Å². The smallest absolute Gasteiger partial charge is 0.262 e. The third-order valence-corrected chi connectivity index (χ3v) is 5.46. The van der Waals surface area contributed by atoms with Crippen LogP contribution < -0.4 is 20.3 Å². The van der Waals surface area contributed by atoms with E-state index in [2.05, 4.69) is 32.8 Å². The number of nitrogens with one attached hydrogen (secondary N) is 2. The summed E-state index contributed by atoms with van der Waals surface area (Å²) in [7, 11) is 0. The third-order valence-electron chi connectivity index (χ3n) is 5.46. The van der Waals surface area contributed by atoms with Gasteiger partial charge in [-0.2, -0.15) is 5.10 Å². The van der Waals surface area contributed by atoms with Crippen molar-refractivity contribution in [3.05, 3.63) is 73.1 Å². The van der Waals surface area contributed by atoms with E-state index < -0.39 is 0 Å². The molecular weight excluding hydrogens is 390 g/mol. The molecule has 0 spiro atoms. The average molecular weight is 420 g/mol. The number of carbonyl (C=O) groups is 1. The van der Waals surface area contributed by atoms with Crippen molar-refractivity contribution < 1.29 is 9.53 Å². The maximum Gasteiger partial charge on any atom is 0.262 e. The molecule has 1 aliphatic rings. The van der Waals surface area contributed by atoms with E-state index in [0.29, 0.717) is 11.8 Å². The van der Waals surface area contributed by atoms with Crippen molar-refractivity contribution in [2.45, 2.75) is 25.4 Å². The Balaban J connectivity index is 1.17. The number of ether oxygens (including phenoxy) is 1. The van der Waals surface area contributed by atoms with E-state index >= 15 is 0 Å². The molecule has 7 nitrogen and oxygen atoms in total. The lowest BCUT2D eigenvalue weighted by atomic mass is 10.0. The van der Waals surface area contributed by atoms with Gasteiger partial charge in [0.25, 0.3) is 5.91 Å². The summed E-state index contributed by atoms with van der Waals surface area (Å²) >= 11 is 0. The van der Waals surface area contributed by atoms with Crippen LogP contribution in [0.4, 0.5) is 11.4 Å². The first-order valence-corrected chi connectivity index (χ1v) is 10.8. The van der Waals surface area contributed by atoms with Gasteiger partial charge in [0.1, 0.15) is 5.75 Å². The van der Waals surface area contributed by atoms with E-state index in [4.69, 9.17) is 4.74 Å². The topological polar surface area (TPSA) is 71.4 Å². The number of nitrogens with zero attached hydrogens (tertiary/aromatic N) is 3. The lowest BCUT2D eigenvalue weighted by Gasteiger charge is -2.34. The Hall–Kier alpha value is -3.32. The summed E-state index contributed by atoms with van der Waals surface area (Å²) in [5.41, 5.74) is 1.97. The molecule has 1 aromatic heterocycles. The lowest BCUT2D eigenvalue weighted by molar-refractivity contribution is -0.118. The number of anilines is 2. The van der Waals surface area contributed by atoms with Gasteiger partial charge in [-0.3, -0.25) is 9.48 Å². The monoisotopic (exact) mass is 419 g/mol. The van der Waals surface area contributed by atoms with E-state index in [1.165, 1.54) is 5.69 Å².